The third-order valence-corrected chi connectivity index (χ3v) is 5.28. The van der Waals surface area contributed by atoms with Gasteiger partial charge < -0.3 is 5.32 Å². The molecule has 0 amide bonds. The molecular weight excluding hydrogens is 330 g/mol. The molecule has 0 radical (unpaired) electrons. The minimum atomic E-state index is -0.202. The summed E-state index contributed by atoms with van der Waals surface area (Å²) in [6.45, 7) is 3.01. The molecule has 2 aromatic rings. The van der Waals surface area contributed by atoms with Gasteiger partial charge in [0.05, 0.1) is 4.88 Å². The number of nitriles is 1. The maximum Gasteiger partial charge on any atom is 0.214 e. The summed E-state index contributed by atoms with van der Waals surface area (Å²) < 4.78 is 0. The molecule has 0 saturated carbocycles. The number of carbonyl (C=O) groups is 1. The Hall–Kier alpha value is -2.42. The van der Waals surface area contributed by atoms with Gasteiger partial charge in [-0.3, -0.25) is 9.69 Å². The Bertz CT molecular complexity index is 754. The van der Waals surface area contributed by atoms with Gasteiger partial charge >= 0.3 is 0 Å². The number of nitrogens with one attached hydrogen (secondary N) is 1. The summed E-state index contributed by atoms with van der Waals surface area (Å²) in [5.41, 5.74) is 1.51. The summed E-state index contributed by atoms with van der Waals surface area (Å²) in [7, 11) is 0. The number of likely N-dealkylation sites (tertiary alicyclic amines) is 1. The number of piperidine rings is 1. The SMILES string of the molecule is N#C/C(=C\NC1CCN(Cc2ccccc2)CC1)C(=O)c1cccs1. The summed E-state index contributed by atoms with van der Waals surface area (Å²) in [5, 5.41) is 14.4. The highest BCUT2D eigenvalue weighted by Crippen LogP contribution is 2.16. The molecule has 2 heterocycles. The minimum Gasteiger partial charge on any atom is -0.387 e. The van der Waals surface area contributed by atoms with E-state index in [1.165, 1.54) is 16.9 Å². The molecule has 5 heteroatoms. The lowest BCUT2D eigenvalue weighted by atomic mass is 10.0. The van der Waals surface area contributed by atoms with Crippen LogP contribution in [0.2, 0.25) is 0 Å². The average Bonchev–Trinajstić information content (AvgIpc) is 3.19. The number of rotatable bonds is 6. The normalized spacial score (nSPS) is 16.4. The Labute approximate surface area is 152 Å². The monoisotopic (exact) mass is 351 g/mol. The number of thiophene rings is 1. The fourth-order valence-electron chi connectivity index (χ4n) is 2.99. The van der Waals surface area contributed by atoms with Gasteiger partial charge in [0.15, 0.2) is 0 Å². The first-order chi connectivity index (χ1) is 12.3. The van der Waals surface area contributed by atoms with Crippen LogP contribution in [0.15, 0.2) is 59.6 Å². The van der Waals surface area contributed by atoms with Gasteiger partial charge in [-0.2, -0.15) is 5.26 Å². The van der Waals surface area contributed by atoms with E-state index in [-0.39, 0.29) is 11.4 Å². The van der Waals surface area contributed by atoms with Crippen molar-refractivity contribution in [3.63, 3.8) is 0 Å². The second-order valence-corrected chi connectivity index (χ2v) is 7.13. The molecule has 4 nitrogen and oxygen atoms in total. The molecule has 1 aromatic carbocycles. The van der Waals surface area contributed by atoms with Crippen LogP contribution >= 0.6 is 11.3 Å². The van der Waals surface area contributed by atoms with Crippen molar-refractivity contribution < 1.29 is 4.79 Å². The van der Waals surface area contributed by atoms with E-state index in [4.69, 9.17) is 0 Å². The fourth-order valence-corrected chi connectivity index (χ4v) is 3.67. The molecule has 0 spiro atoms. The minimum absolute atomic E-state index is 0.175. The van der Waals surface area contributed by atoms with E-state index in [2.05, 4.69) is 34.5 Å². The smallest absolute Gasteiger partial charge is 0.214 e. The molecule has 0 aliphatic carbocycles. The standard InChI is InChI=1S/C20H21N3OS/c21-13-17(20(24)19-7-4-12-25-19)14-22-18-8-10-23(11-9-18)15-16-5-2-1-3-6-16/h1-7,12,14,18,22H,8-11,15H2/b17-14+. The van der Waals surface area contributed by atoms with Crippen molar-refractivity contribution in [1.29, 1.82) is 5.26 Å². The molecule has 1 aromatic heterocycles. The van der Waals surface area contributed by atoms with Gasteiger partial charge in [0.25, 0.3) is 0 Å². The first-order valence-electron chi connectivity index (χ1n) is 8.47. The lowest BCUT2D eigenvalue weighted by molar-refractivity contribution is 0.104. The molecule has 1 fully saturated rings. The van der Waals surface area contributed by atoms with Crippen LogP contribution in [0.25, 0.3) is 0 Å². The summed E-state index contributed by atoms with van der Waals surface area (Å²) in [6.07, 6.45) is 3.62. The maximum absolute atomic E-state index is 12.2. The number of ketones is 1. The Morgan fingerprint density at radius 2 is 2.00 bits per heavy atom. The first-order valence-corrected chi connectivity index (χ1v) is 9.35. The van der Waals surface area contributed by atoms with Gasteiger partial charge in [-0.05, 0) is 29.9 Å². The van der Waals surface area contributed by atoms with Gasteiger partial charge in [0.1, 0.15) is 11.6 Å². The second kappa shape index (κ2) is 8.61. The van der Waals surface area contributed by atoms with Gasteiger partial charge in [0.2, 0.25) is 5.78 Å². The third-order valence-electron chi connectivity index (χ3n) is 4.41. The maximum atomic E-state index is 12.2. The molecule has 0 atom stereocenters. The third kappa shape index (κ3) is 4.79. The second-order valence-electron chi connectivity index (χ2n) is 6.18. The Morgan fingerprint density at radius 1 is 1.24 bits per heavy atom. The zero-order valence-electron chi connectivity index (χ0n) is 14.0. The lowest BCUT2D eigenvalue weighted by Crippen LogP contribution is -2.40. The highest BCUT2D eigenvalue weighted by atomic mass is 32.1. The van der Waals surface area contributed by atoms with Crippen molar-refractivity contribution in [2.24, 2.45) is 0 Å². The van der Waals surface area contributed by atoms with Crippen LogP contribution < -0.4 is 5.32 Å². The predicted molar refractivity (Wildman–Crippen MR) is 100 cm³/mol. The molecular formula is C20H21N3OS. The highest BCUT2D eigenvalue weighted by Gasteiger charge is 2.19. The van der Waals surface area contributed by atoms with E-state index in [9.17, 15) is 10.1 Å². The van der Waals surface area contributed by atoms with Crippen LogP contribution in [-0.2, 0) is 6.54 Å². The number of Topliss-reactive ketones (excluding diaryl/α,β-unsaturated/α-hetero) is 1. The fraction of sp³-hybridized carbons (Fsp3) is 0.300. The molecule has 128 valence electrons. The first kappa shape index (κ1) is 17.4. The summed E-state index contributed by atoms with van der Waals surface area (Å²) in [6, 6.07) is 16.4. The van der Waals surface area contributed by atoms with Gasteiger partial charge in [-0.15, -0.1) is 11.3 Å². The van der Waals surface area contributed by atoms with Crippen LogP contribution in [0.1, 0.15) is 28.1 Å². The Balaban J connectivity index is 1.50. The van der Waals surface area contributed by atoms with Gasteiger partial charge in [0, 0.05) is 31.9 Å². The highest BCUT2D eigenvalue weighted by molar-refractivity contribution is 7.12. The van der Waals surface area contributed by atoms with Crippen molar-refractivity contribution in [3.8, 4) is 6.07 Å². The molecule has 1 aliphatic rings. The average molecular weight is 351 g/mol. The van der Waals surface area contributed by atoms with Crippen molar-refractivity contribution in [2.45, 2.75) is 25.4 Å². The van der Waals surface area contributed by atoms with Crippen LogP contribution in [0, 0.1) is 11.3 Å². The molecule has 0 bridgehead atoms. The number of carbonyl (C=O) groups excluding carboxylic acids is 1. The number of hydrogen-bond donors (Lipinski definition) is 1. The van der Waals surface area contributed by atoms with Crippen LogP contribution in [-0.4, -0.2) is 29.8 Å². The van der Waals surface area contributed by atoms with Crippen molar-refractivity contribution in [2.75, 3.05) is 13.1 Å². The zero-order valence-corrected chi connectivity index (χ0v) is 14.8. The molecule has 3 rings (SSSR count). The summed E-state index contributed by atoms with van der Waals surface area (Å²) in [4.78, 5) is 15.3. The number of hydrogen-bond acceptors (Lipinski definition) is 5. The van der Waals surface area contributed by atoms with Crippen molar-refractivity contribution >= 4 is 17.1 Å². The summed E-state index contributed by atoms with van der Waals surface area (Å²) in [5.74, 6) is -0.202. The summed E-state index contributed by atoms with van der Waals surface area (Å²) >= 11 is 1.36. The van der Waals surface area contributed by atoms with E-state index in [0.717, 1.165) is 32.5 Å². The van der Waals surface area contributed by atoms with Gasteiger partial charge in [-0.1, -0.05) is 36.4 Å². The van der Waals surface area contributed by atoms with E-state index in [0.29, 0.717) is 10.9 Å². The van der Waals surface area contributed by atoms with E-state index >= 15 is 0 Å². The zero-order chi connectivity index (χ0) is 17.5. The molecule has 1 aliphatic heterocycles. The molecule has 25 heavy (non-hydrogen) atoms. The van der Waals surface area contributed by atoms with Crippen LogP contribution in [0.5, 0.6) is 0 Å². The number of allylic oxidation sites excluding steroid dienone is 1. The van der Waals surface area contributed by atoms with E-state index < -0.39 is 0 Å². The van der Waals surface area contributed by atoms with Crippen molar-refractivity contribution in [1.82, 2.24) is 10.2 Å². The van der Waals surface area contributed by atoms with Gasteiger partial charge in [-0.25, -0.2) is 0 Å². The van der Waals surface area contributed by atoms with Crippen molar-refractivity contribution in [3.05, 3.63) is 70.1 Å². The molecule has 1 saturated heterocycles. The topological polar surface area (TPSA) is 56.1 Å². The lowest BCUT2D eigenvalue weighted by Gasteiger charge is -2.32. The Kier molecular flexibility index (Phi) is 5.99. The quantitative estimate of drug-likeness (QED) is 0.491. The van der Waals surface area contributed by atoms with E-state index in [1.54, 1.807) is 12.3 Å². The van der Waals surface area contributed by atoms with E-state index in [1.807, 2.05) is 23.6 Å². The largest absolute Gasteiger partial charge is 0.387 e. The molecule has 0 unspecified atom stereocenters. The van der Waals surface area contributed by atoms with Crippen LogP contribution in [0.3, 0.4) is 0 Å². The predicted octanol–water partition coefficient (Wildman–Crippen LogP) is 3.59. The molecule has 1 N–H and O–H groups in total. The van der Waals surface area contributed by atoms with Crippen LogP contribution in [0.4, 0.5) is 0 Å². The Morgan fingerprint density at radius 3 is 2.64 bits per heavy atom. The number of benzene rings is 1. The number of nitrogens with zero attached hydrogens (tertiary/aromatic N) is 2.